The van der Waals surface area contributed by atoms with E-state index in [0.29, 0.717) is 11.8 Å². The number of H-pyrrole nitrogens is 1. The van der Waals surface area contributed by atoms with Crippen LogP contribution in [-0.2, 0) is 17.8 Å². The third kappa shape index (κ3) is 3.34. The van der Waals surface area contributed by atoms with Crippen LogP contribution in [0.1, 0.15) is 29.4 Å². The average Bonchev–Trinajstić information content (AvgIpc) is 3.24. The van der Waals surface area contributed by atoms with Gasteiger partial charge in [0.05, 0.1) is 18.6 Å². The van der Waals surface area contributed by atoms with E-state index in [9.17, 15) is 4.79 Å². The summed E-state index contributed by atoms with van der Waals surface area (Å²) in [6, 6.07) is 6.31. The second kappa shape index (κ2) is 7.46. The first kappa shape index (κ1) is 19.0. The molecule has 162 valence electrons. The average molecular weight is 421 g/mol. The minimum atomic E-state index is 0.193. The Kier molecular flexibility index (Phi) is 4.57. The molecule has 0 radical (unpaired) electrons. The molecule has 2 bridgehead atoms. The molecule has 0 unspecified atom stereocenters. The molecule has 6 rings (SSSR count). The van der Waals surface area contributed by atoms with Crippen molar-refractivity contribution >= 4 is 16.9 Å². The Hall–Kier alpha value is -2.71. The van der Waals surface area contributed by atoms with E-state index < -0.39 is 0 Å². The number of anilines is 1. The molecule has 2 atom stereocenters. The minimum absolute atomic E-state index is 0.193. The quantitative estimate of drug-likeness (QED) is 0.697. The number of fused-ring (bicyclic) bond motifs is 5. The van der Waals surface area contributed by atoms with Gasteiger partial charge in [-0.15, -0.1) is 0 Å². The zero-order valence-corrected chi connectivity index (χ0v) is 17.9. The summed E-state index contributed by atoms with van der Waals surface area (Å²) >= 11 is 0. The molecule has 0 amide bonds. The predicted molar refractivity (Wildman–Crippen MR) is 118 cm³/mol. The highest BCUT2D eigenvalue weighted by molar-refractivity contribution is 5.87. The van der Waals surface area contributed by atoms with E-state index in [1.165, 1.54) is 5.69 Å². The number of pyridine rings is 1. The van der Waals surface area contributed by atoms with Crippen LogP contribution in [0.4, 0.5) is 5.82 Å². The van der Waals surface area contributed by atoms with Crippen molar-refractivity contribution < 1.29 is 4.74 Å². The molecule has 0 aromatic carbocycles. The number of hydrogen-bond acceptors (Lipinski definition) is 6. The summed E-state index contributed by atoms with van der Waals surface area (Å²) in [5.41, 5.74) is 3.16. The lowest BCUT2D eigenvalue weighted by Gasteiger charge is -2.43. The fourth-order valence-corrected chi connectivity index (χ4v) is 5.56. The summed E-state index contributed by atoms with van der Waals surface area (Å²) < 4.78 is 7.50. The monoisotopic (exact) mass is 420 g/mol. The molecule has 8 heteroatoms. The number of aromatic nitrogens is 4. The lowest BCUT2D eigenvalue weighted by molar-refractivity contribution is 0.0339. The summed E-state index contributed by atoms with van der Waals surface area (Å²) in [6.45, 7) is 8.56. The molecule has 0 saturated carbocycles. The first-order valence-corrected chi connectivity index (χ1v) is 11.2. The molecule has 3 aliphatic rings. The second-order valence-electron chi connectivity index (χ2n) is 9.13. The normalized spacial score (nSPS) is 23.8. The summed E-state index contributed by atoms with van der Waals surface area (Å²) in [6.07, 6.45) is 3.07. The van der Waals surface area contributed by atoms with Crippen molar-refractivity contribution in [3.8, 4) is 0 Å². The van der Waals surface area contributed by atoms with Crippen molar-refractivity contribution in [1.29, 1.82) is 0 Å². The van der Waals surface area contributed by atoms with Gasteiger partial charge in [-0.1, -0.05) is 6.07 Å². The molecule has 1 N–H and O–H groups in total. The zero-order chi connectivity index (χ0) is 20.9. The van der Waals surface area contributed by atoms with Crippen LogP contribution in [0.2, 0.25) is 0 Å². The number of ether oxygens (including phenoxy) is 1. The Bertz CT molecular complexity index is 1180. The molecule has 3 aromatic rings. The SMILES string of the molecule is Cc1nc(N2C[C@@H]3C[C@H](C2)c2ccc(CN4CCOCC4)c(=O)n2C3)c2cc[nH]c2n1. The second-order valence-corrected chi connectivity index (χ2v) is 9.13. The van der Waals surface area contributed by atoms with Crippen molar-refractivity contribution in [2.24, 2.45) is 5.92 Å². The molecular formula is C23H28N6O2. The van der Waals surface area contributed by atoms with E-state index in [4.69, 9.17) is 9.72 Å². The molecule has 31 heavy (non-hydrogen) atoms. The van der Waals surface area contributed by atoms with E-state index in [1.807, 2.05) is 13.1 Å². The lowest BCUT2D eigenvalue weighted by atomic mass is 9.83. The highest BCUT2D eigenvalue weighted by Gasteiger charge is 2.36. The van der Waals surface area contributed by atoms with Gasteiger partial charge in [0.2, 0.25) is 0 Å². The van der Waals surface area contributed by atoms with E-state index in [0.717, 1.165) is 87.1 Å². The number of rotatable bonds is 3. The molecule has 3 aliphatic heterocycles. The van der Waals surface area contributed by atoms with Gasteiger partial charge >= 0.3 is 0 Å². The van der Waals surface area contributed by atoms with Crippen molar-refractivity contribution in [3.05, 3.63) is 51.8 Å². The van der Waals surface area contributed by atoms with Gasteiger partial charge in [-0.3, -0.25) is 9.69 Å². The maximum Gasteiger partial charge on any atom is 0.255 e. The Morgan fingerprint density at radius 1 is 1.13 bits per heavy atom. The van der Waals surface area contributed by atoms with E-state index in [-0.39, 0.29) is 5.56 Å². The molecule has 0 aliphatic carbocycles. The standard InChI is InChI=1S/C23H28N6O2/c1-15-25-21-19(4-5-24-21)22(26-15)28-11-16-10-18(14-28)20-3-2-17(23(30)29(20)12-16)13-27-6-8-31-9-7-27/h2-5,16,18H,6-14H2,1H3,(H,24,25,26)/t16-,18+/m0/s1. The first-order chi connectivity index (χ1) is 15.2. The third-order valence-corrected chi connectivity index (χ3v) is 6.99. The lowest BCUT2D eigenvalue weighted by Crippen LogP contribution is -2.48. The third-order valence-electron chi connectivity index (χ3n) is 6.99. The van der Waals surface area contributed by atoms with Crippen LogP contribution >= 0.6 is 0 Å². The van der Waals surface area contributed by atoms with Gasteiger partial charge in [-0.2, -0.15) is 0 Å². The highest BCUT2D eigenvalue weighted by atomic mass is 16.5. The molecule has 8 nitrogen and oxygen atoms in total. The van der Waals surface area contributed by atoms with Crippen LogP contribution in [-0.4, -0.2) is 63.8 Å². The topological polar surface area (TPSA) is 79.3 Å². The van der Waals surface area contributed by atoms with Gasteiger partial charge < -0.3 is 19.2 Å². The number of aromatic amines is 1. The van der Waals surface area contributed by atoms with Crippen LogP contribution in [0.15, 0.2) is 29.2 Å². The van der Waals surface area contributed by atoms with E-state index >= 15 is 0 Å². The van der Waals surface area contributed by atoms with E-state index in [2.05, 4.69) is 42.5 Å². The first-order valence-electron chi connectivity index (χ1n) is 11.2. The number of nitrogens with zero attached hydrogens (tertiary/aromatic N) is 5. The zero-order valence-electron chi connectivity index (χ0n) is 17.9. The smallest absolute Gasteiger partial charge is 0.255 e. The maximum absolute atomic E-state index is 13.3. The van der Waals surface area contributed by atoms with Gasteiger partial charge in [0.25, 0.3) is 5.56 Å². The molecule has 2 fully saturated rings. The van der Waals surface area contributed by atoms with Crippen LogP contribution in [0.5, 0.6) is 0 Å². The summed E-state index contributed by atoms with van der Waals surface area (Å²) in [7, 11) is 0. The van der Waals surface area contributed by atoms with Crippen molar-refractivity contribution in [3.63, 3.8) is 0 Å². The molecular weight excluding hydrogens is 392 g/mol. The van der Waals surface area contributed by atoms with Gasteiger partial charge in [0.1, 0.15) is 17.3 Å². The number of morpholine rings is 1. The van der Waals surface area contributed by atoms with Crippen LogP contribution in [0.25, 0.3) is 11.0 Å². The van der Waals surface area contributed by atoms with Gasteiger partial charge in [-0.25, -0.2) is 9.97 Å². The number of nitrogens with one attached hydrogen (secondary N) is 1. The van der Waals surface area contributed by atoms with Gasteiger partial charge in [-0.05, 0) is 31.4 Å². The Labute approximate surface area is 180 Å². The summed E-state index contributed by atoms with van der Waals surface area (Å²) in [4.78, 5) is 30.6. The number of aryl methyl sites for hydroxylation is 1. The van der Waals surface area contributed by atoms with E-state index in [1.54, 1.807) is 0 Å². The Morgan fingerprint density at radius 2 is 2.00 bits per heavy atom. The maximum atomic E-state index is 13.3. The molecule has 3 aromatic heterocycles. The Morgan fingerprint density at radius 3 is 2.87 bits per heavy atom. The fourth-order valence-electron chi connectivity index (χ4n) is 5.56. The van der Waals surface area contributed by atoms with Crippen molar-refractivity contribution in [2.75, 3.05) is 44.3 Å². The highest BCUT2D eigenvalue weighted by Crippen LogP contribution is 2.38. The van der Waals surface area contributed by atoms with Crippen LogP contribution in [0, 0.1) is 12.8 Å². The van der Waals surface area contributed by atoms with Gasteiger partial charge in [0.15, 0.2) is 0 Å². The largest absolute Gasteiger partial charge is 0.379 e. The number of piperidine rings is 1. The minimum Gasteiger partial charge on any atom is -0.379 e. The van der Waals surface area contributed by atoms with Crippen molar-refractivity contribution in [2.45, 2.75) is 32.4 Å². The molecule has 2 saturated heterocycles. The van der Waals surface area contributed by atoms with Crippen LogP contribution in [0.3, 0.4) is 0 Å². The Balaban J connectivity index is 1.30. The summed E-state index contributed by atoms with van der Waals surface area (Å²) in [5.74, 6) is 2.59. The predicted octanol–water partition coefficient (Wildman–Crippen LogP) is 1.88. The molecule has 6 heterocycles. The van der Waals surface area contributed by atoms with Crippen molar-refractivity contribution in [1.82, 2.24) is 24.4 Å². The number of hydrogen-bond donors (Lipinski definition) is 1. The summed E-state index contributed by atoms with van der Waals surface area (Å²) in [5, 5.41) is 1.07. The van der Waals surface area contributed by atoms with Gasteiger partial charge in [0, 0.05) is 62.6 Å². The van der Waals surface area contributed by atoms with Crippen LogP contribution < -0.4 is 10.5 Å². The fraction of sp³-hybridized carbons (Fsp3) is 0.522. The molecule has 0 spiro atoms.